The Morgan fingerprint density at radius 2 is 1.42 bits per heavy atom. The summed E-state index contributed by atoms with van der Waals surface area (Å²) in [6.45, 7) is 5.52. The van der Waals surface area contributed by atoms with Gasteiger partial charge in [-0.2, -0.15) is 0 Å². The number of aryl methyl sites for hydroxylation is 3. The molecule has 0 saturated heterocycles. The van der Waals surface area contributed by atoms with Crippen LogP contribution in [0.3, 0.4) is 0 Å². The summed E-state index contributed by atoms with van der Waals surface area (Å²) in [7, 11) is 0. The Hall–Kier alpha value is -1.41. The number of benzene rings is 2. The SMILES string of the molecule is Cc1ccc(F)cc1C(Cl)c1c(C)cc(F)cc1C. The predicted octanol–water partition coefficient (Wildman–Crippen LogP) is 5.22. The van der Waals surface area contributed by atoms with E-state index in [1.807, 2.05) is 20.8 Å². The zero-order valence-electron chi connectivity index (χ0n) is 11.1. The Labute approximate surface area is 117 Å². The van der Waals surface area contributed by atoms with E-state index < -0.39 is 5.38 Å². The average molecular weight is 281 g/mol. The standard InChI is InChI=1S/C16H15ClF2/c1-9-4-5-12(18)8-14(9)16(17)15-10(2)6-13(19)7-11(15)3/h4-8,16H,1-3H3. The van der Waals surface area contributed by atoms with Crippen molar-refractivity contribution in [2.24, 2.45) is 0 Å². The van der Waals surface area contributed by atoms with Gasteiger partial charge in [-0.05, 0) is 72.9 Å². The molecule has 0 fully saturated rings. The largest absolute Gasteiger partial charge is 0.207 e. The zero-order chi connectivity index (χ0) is 14.2. The van der Waals surface area contributed by atoms with Crippen molar-refractivity contribution in [3.8, 4) is 0 Å². The number of rotatable bonds is 2. The second-order valence-corrected chi connectivity index (χ2v) is 5.25. The summed E-state index contributed by atoms with van der Waals surface area (Å²) in [5.74, 6) is -0.595. The lowest BCUT2D eigenvalue weighted by Gasteiger charge is -2.18. The molecule has 2 aromatic carbocycles. The molecule has 0 aliphatic rings. The summed E-state index contributed by atoms with van der Waals surface area (Å²) in [6, 6.07) is 7.45. The van der Waals surface area contributed by atoms with Crippen molar-refractivity contribution in [3.05, 3.63) is 69.8 Å². The monoisotopic (exact) mass is 280 g/mol. The van der Waals surface area contributed by atoms with E-state index in [-0.39, 0.29) is 11.6 Å². The van der Waals surface area contributed by atoms with E-state index in [9.17, 15) is 8.78 Å². The Morgan fingerprint density at radius 1 is 0.842 bits per heavy atom. The number of halogens is 3. The van der Waals surface area contributed by atoms with E-state index >= 15 is 0 Å². The molecule has 0 amide bonds. The highest BCUT2D eigenvalue weighted by molar-refractivity contribution is 6.23. The maximum Gasteiger partial charge on any atom is 0.123 e. The average Bonchev–Trinajstić information content (AvgIpc) is 2.30. The lowest BCUT2D eigenvalue weighted by atomic mass is 9.93. The van der Waals surface area contributed by atoms with Crippen LogP contribution < -0.4 is 0 Å². The molecule has 2 rings (SSSR count). The van der Waals surface area contributed by atoms with Gasteiger partial charge in [0, 0.05) is 0 Å². The summed E-state index contributed by atoms with van der Waals surface area (Å²) >= 11 is 6.48. The highest BCUT2D eigenvalue weighted by Crippen LogP contribution is 2.35. The molecule has 1 unspecified atom stereocenters. The van der Waals surface area contributed by atoms with Crippen LogP contribution in [0.15, 0.2) is 30.3 Å². The lowest BCUT2D eigenvalue weighted by molar-refractivity contribution is 0.622. The fourth-order valence-corrected chi connectivity index (χ4v) is 2.94. The molecule has 1 atom stereocenters. The van der Waals surface area contributed by atoms with Crippen molar-refractivity contribution in [2.45, 2.75) is 26.1 Å². The van der Waals surface area contributed by atoms with Gasteiger partial charge in [-0.1, -0.05) is 6.07 Å². The molecule has 0 bridgehead atoms. The quantitative estimate of drug-likeness (QED) is 0.662. The fraction of sp³-hybridized carbons (Fsp3) is 0.250. The van der Waals surface area contributed by atoms with Crippen LogP contribution in [-0.2, 0) is 0 Å². The van der Waals surface area contributed by atoms with Gasteiger partial charge >= 0.3 is 0 Å². The molecule has 0 nitrogen and oxygen atoms in total. The van der Waals surface area contributed by atoms with Gasteiger partial charge in [0.1, 0.15) is 11.6 Å². The maximum absolute atomic E-state index is 13.4. The first kappa shape index (κ1) is 14.0. The second-order valence-electron chi connectivity index (χ2n) is 4.82. The van der Waals surface area contributed by atoms with Crippen LogP contribution in [0.25, 0.3) is 0 Å². The van der Waals surface area contributed by atoms with Gasteiger partial charge < -0.3 is 0 Å². The smallest absolute Gasteiger partial charge is 0.123 e. The zero-order valence-corrected chi connectivity index (χ0v) is 11.9. The number of hydrogen-bond acceptors (Lipinski definition) is 0. The van der Waals surface area contributed by atoms with Gasteiger partial charge in [0.25, 0.3) is 0 Å². The molecule has 3 heteroatoms. The Bertz CT molecular complexity index is 597. The molecule has 0 radical (unpaired) electrons. The van der Waals surface area contributed by atoms with Gasteiger partial charge in [0.05, 0.1) is 5.38 Å². The lowest BCUT2D eigenvalue weighted by Crippen LogP contribution is -2.03. The summed E-state index contributed by atoms with van der Waals surface area (Å²) in [4.78, 5) is 0. The Morgan fingerprint density at radius 3 is 2.00 bits per heavy atom. The van der Waals surface area contributed by atoms with Crippen molar-refractivity contribution in [1.29, 1.82) is 0 Å². The molecule has 100 valence electrons. The maximum atomic E-state index is 13.4. The molecule has 0 aliphatic carbocycles. The molecular weight excluding hydrogens is 266 g/mol. The number of hydrogen-bond donors (Lipinski definition) is 0. The minimum Gasteiger partial charge on any atom is -0.207 e. The van der Waals surface area contributed by atoms with Crippen LogP contribution in [0, 0.1) is 32.4 Å². The van der Waals surface area contributed by atoms with Gasteiger partial charge in [-0.15, -0.1) is 11.6 Å². The van der Waals surface area contributed by atoms with Gasteiger partial charge in [-0.25, -0.2) is 8.78 Å². The van der Waals surface area contributed by atoms with Crippen molar-refractivity contribution >= 4 is 11.6 Å². The molecule has 0 saturated carbocycles. The molecule has 0 heterocycles. The van der Waals surface area contributed by atoms with E-state index in [4.69, 9.17) is 11.6 Å². The van der Waals surface area contributed by atoms with Gasteiger partial charge in [0.2, 0.25) is 0 Å². The van der Waals surface area contributed by atoms with E-state index in [1.165, 1.54) is 24.3 Å². The van der Waals surface area contributed by atoms with Gasteiger partial charge in [0.15, 0.2) is 0 Å². The minimum absolute atomic E-state index is 0.279. The van der Waals surface area contributed by atoms with E-state index in [0.717, 1.165) is 27.8 Å². The highest BCUT2D eigenvalue weighted by atomic mass is 35.5. The second kappa shape index (κ2) is 5.30. The Balaban J connectivity index is 2.56. The van der Waals surface area contributed by atoms with Crippen LogP contribution in [0.4, 0.5) is 8.78 Å². The predicted molar refractivity (Wildman–Crippen MR) is 74.7 cm³/mol. The third-order valence-corrected chi connectivity index (χ3v) is 3.78. The normalized spacial score (nSPS) is 12.5. The van der Waals surface area contributed by atoms with Crippen molar-refractivity contribution in [1.82, 2.24) is 0 Å². The molecule has 0 spiro atoms. The minimum atomic E-state index is -0.476. The molecule has 0 N–H and O–H groups in total. The number of alkyl halides is 1. The molecule has 0 aromatic heterocycles. The topological polar surface area (TPSA) is 0 Å². The summed E-state index contributed by atoms with van der Waals surface area (Å²) in [6.07, 6.45) is 0. The first-order valence-corrected chi connectivity index (χ1v) is 6.50. The summed E-state index contributed by atoms with van der Waals surface area (Å²) in [5.41, 5.74) is 4.04. The first-order valence-electron chi connectivity index (χ1n) is 6.07. The van der Waals surface area contributed by atoms with Crippen LogP contribution in [0.1, 0.15) is 33.2 Å². The fourth-order valence-electron chi connectivity index (χ4n) is 2.36. The van der Waals surface area contributed by atoms with E-state index in [1.54, 1.807) is 6.07 Å². The molecule has 19 heavy (non-hydrogen) atoms. The molecule has 0 aliphatic heterocycles. The summed E-state index contributed by atoms with van der Waals surface area (Å²) in [5, 5.41) is -0.476. The van der Waals surface area contributed by atoms with Crippen LogP contribution in [0.5, 0.6) is 0 Å². The third kappa shape index (κ3) is 2.79. The van der Waals surface area contributed by atoms with Crippen molar-refractivity contribution in [2.75, 3.05) is 0 Å². The van der Waals surface area contributed by atoms with Crippen molar-refractivity contribution < 1.29 is 8.78 Å². The van der Waals surface area contributed by atoms with Crippen LogP contribution in [-0.4, -0.2) is 0 Å². The third-order valence-electron chi connectivity index (χ3n) is 3.33. The molecular formula is C16H15ClF2. The van der Waals surface area contributed by atoms with Gasteiger partial charge in [-0.3, -0.25) is 0 Å². The van der Waals surface area contributed by atoms with Crippen molar-refractivity contribution in [3.63, 3.8) is 0 Å². The summed E-state index contributed by atoms with van der Waals surface area (Å²) < 4.78 is 26.7. The first-order chi connectivity index (χ1) is 8.90. The van der Waals surface area contributed by atoms with E-state index in [2.05, 4.69) is 0 Å². The molecule has 2 aromatic rings. The Kier molecular flexibility index (Phi) is 3.91. The van der Waals surface area contributed by atoms with Crippen LogP contribution in [0.2, 0.25) is 0 Å². The highest BCUT2D eigenvalue weighted by Gasteiger charge is 2.18. The van der Waals surface area contributed by atoms with Crippen LogP contribution >= 0.6 is 11.6 Å². The van der Waals surface area contributed by atoms with E-state index in [0.29, 0.717) is 0 Å².